The van der Waals surface area contributed by atoms with Crippen molar-refractivity contribution in [3.8, 4) is 0 Å². The molecular weight excluding hydrogens is 178 g/mol. The van der Waals surface area contributed by atoms with Gasteiger partial charge in [-0.15, -0.1) is 0 Å². The Hall–Kier alpha value is -0.120. The van der Waals surface area contributed by atoms with E-state index >= 15 is 0 Å². The van der Waals surface area contributed by atoms with Gasteiger partial charge in [-0.3, -0.25) is 0 Å². The highest BCUT2D eigenvalue weighted by Crippen LogP contribution is 2.11. The summed E-state index contributed by atoms with van der Waals surface area (Å²) in [7, 11) is 0. The van der Waals surface area contributed by atoms with Gasteiger partial charge in [0.2, 0.25) is 0 Å². The van der Waals surface area contributed by atoms with Crippen LogP contribution in [-0.4, -0.2) is 37.5 Å². The van der Waals surface area contributed by atoms with Crippen molar-refractivity contribution in [2.24, 2.45) is 5.92 Å². The van der Waals surface area contributed by atoms with Crippen molar-refractivity contribution < 1.29 is 9.84 Å². The Balaban J connectivity index is 1.92. The molecule has 84 valence electrons. The van der Waals surface area contributed by atoms with Crippen LogP contribution in [0, 0.1) is 5.92 Å². The SMILES string of the molecule is CCC(O)CCNCC1CCCOC1. The van der Waals surface area contributed by atoms with Crippen molar-refractivity contribution in [1.29, 1.82) is 0 Å². The van der Waals surface area contributed by atoms with E-state index < -0.39 is 0 Å². The van der Waals surface area contributed by atoms with E-state index in [1.54, 1.807) is 0 Å². The van der Waals surface area contributed by atoms with E-state index in [9.17, 15) is 5.11 Å². The molecule has 0 aromatic carbocycles. The fraction of sp³-hybridized carbons (Fsp3) is 1.00. The fourth-order valence-electron chi connectivity index (χ4n) is 1.75. The van der Waals surface area contributed by atoms with Gasteiger partial charge < -0.3 is 15.2 Å². The zero-order valence-electron chi connectivity index (χ0n) is 9.17. The minimum atomic E-state index is -0.134. The molecule has 1 rings (SSSR count). The molecule has 0 bridgehead atoms. The first-order valence-electron chi connectivity index (χ1n) is 5.79. The lowest BCUT2D eigenvalue weighted by atomic mass is 10.0. The van der Waals surface area contributed by atoms with E-state index in [1.165, 1.54) is 12.8 Å². The first kappa shape index (κ1) is 12.0. The third-order valence-corrected chi connectivity index (χ3v) is 2.81. The Morgan fingerprint density at radius 3 is 3.07 bits per heavy atom. The molecule has 1 aliphatic heterocycles. The first-order valence-corrected chi connectivity index (χ1v) is 5.79. The Morgan fingerprint density at radius 2 is 2.43 bits per heavy atom. The Labute approximate surface area is 86.8 Å². The molecule has 14 heavy (non-hydrogen) atoms. The molecule has 1 fully saturated rings. The number of hydrogen-bond acceptors (Lipinski definition) is 3. The maximum atomic E-state index is 9.33. The van der Waals surface area contributed by atoms with Crippen molar-refractivity contribution in [1.82, 2.24) is 5.32 Å². The van der Waals surface area contributed by atoms with Crippen LogP contribution in [0.1, 0.15) is 32.6 Å². The molecule has 0 radical (unpaired) electrons. The summed E-state index contributed by atoms with van der Waals surface area (Å²) in [6, 6.07) is 0. The van der Waals surface area contributed by atoms with Gasteiger partial charge in [0, 0.05) is 13.2 Å². The van der Waals surface area contributed by atoms with Crippen LogP contribution in [0.25, 0.3) is 0 Å². The predicted octanol–water partition coefficient (Wildman–Crippen LogP) is 1.16. The number of nitrogens with one attached hydrogen (secondary N) is 1. The highest BCUT2D eigenvalue weighted by Gasteiger charge is 2.12. The van der Waals surface area contributed by atoms with E-state index in [2.05, 4.69) is 5.32 Å². The molecule has 0 aliphatic carbocycles. The standard InChI is InChI=1S/C11H23NO2/c1-2-11(13)5-6-12-8-10-4-3-7-14-9-10/h10-13H,2-9H2,1H3. The third kappa shape index (κ3) is 4.94. The summed E-state index contributed by atoms with van der Waals surface area (Å²) in [4.78, 5) is 0. The number of aliphatic hydroxyl groups excluding tert-OH is 1. The van der Waals surface area contributed by atoms with Crippen molar-refractivity contribution in [2.75, 3.05) is 26.3 Å². The lowest BCUT2D eigenvalue weighted by molar-refractivity contribution is 0.0544. The lowest BCUT2D eigenvalue weighted by Crippen LogP contribution is -2.30. The summed E-state index contributed by atoms with van der Waals surface area (Å²) in [5, 5.41) is 12.7. The molecule has 0 aromatic rings. The summed E-state index contributed by atoms with van der Waals surface area (Å²) in [6.07, 6.45) is 4.07. The molecule has 0 amide bonds. The van der Waals surface area contributed by atoms with E-state index in [4.69, 9.17) is 4.74 Å². The molecule has 2 atom stereocenters. The van der Waals surface area contributed by atoms with Crippen LogP contribution in [0.5, 0.6) is 0 Å². The third-order valence-electron chi connectivity index (χ3n) is 2.81. The molecule has 0 aromatic heterocycles. The van der Waals surface area contributed by atoms with Crippen LogP contribution in [0.2, 0.25) is 0 Å². The average molecular weight is 201 g/mol. The van der Waals surface area contributed by atoms with Gasteiger partial charge in [-0.2, -0.15) is 0 Å². The molecule has 3 heteroatoms. The minimum absolute atomic E-state index is 0.134. The second-order valence-corrected chi connectivity index (χ2v) is 4.14. The summed E-state index contributed by atoms with van der Waals surface area (Å²) < 4.78 is 5.39. The van der Waals surface area contributed by atoms with Crippen molar-refractivity contribution in [3.63, 3.8) is 0 Å². The van der Waals surface area contributed by atoms with Crippen LogP contribution < -0.4 is 5.32 Å². The molecular formula is C11H23NO2. The Bertz CT molecular complexity index is 135. The predicted molar refractivity (Wildman–Crippen MR) is 57.3 cm³/mol. The molecule has 3 nitrogen and oxygen atoms in total. The molecule has 2 N–H and O–H groups in total. The molecule has 0 spiro atoms. The molecule has 0 saturated carbocycles. The van der Waals surface area contributed by atoms with Crippen molar-refractivity contribution in [3.05, 3.63) is 0 Å². The fourth-order valence-corrected chi connectivity index (χ4v) is 1.75. The van der Waals surface area contributed by atoms with E-state index in [-0.39, 0.29) is 6.10 Å². The van der Waals surface area contributed by atoms with Crippen LogP contribution in [-0.2, 0) is 4.74 Å². The second kappa shape index (κ2) is 7.21. The number of hydrogen-bond donors (Lipinski definition) is 2. The summed E-state index contributed by atoms with van der Waals surface area (Å²) in [6.45, 7) is 5.82. The monoisotopic (exact) mass is 201 g/mol. The van der Waals surface area contributed by atoms with E-state index in [0.29, 0.717) is 5.92 Å². The second-order valence-electron chi connectivity index (χ2n) is 4.14. The quantitative estimate of drug-likeness (QED) is 0.634. The lowest BCUT2D eigenvalue weighted by Gasteiger charge is -2.22. The molecule has 1 aliphatic rings. The average Bonchev–Trinajstić information content (AvgIpc) is 2.25. The van der Waals surface area contributed by atoms with Crippen molar-refractivity contribution >= 4 is 0 Å². The van der Waals surface area contributed by atoms with Crippen LogP contribution in [0.15, 0.2) is 0 Å². The topological polar surface area (TPSA) is 41.5 Å². The number of ether oxygens (including phenoxy) is 1. The van der Waals surface area contributed by atoms with Crippen molar-refractivity contribution in [2.45, 2.75) is 38.7 Å². The van der Waals surface area contributed by atoms with Gasteiger partial charge in [0.05, 0.1) is 12.7 Å². The summed E-state index contributed by atoms with van der Waals surface area (Å²) in [5.74, 6) is 0.683. The normalized spacial score (nSPS) is 24.9. The van der Waals surface area contributed by atoms with Crippen LogP contribution >= 0.6 is 0 Å². The minimum Gasteiger partial charge on any atom is -0.393 e. The highest BCUT2D eigenvalue weighted by atomic mass is 16.5. The van der Waals surface area contributed by atoms with E-state index in [0.717, 1.165) is 39.1 Å². The molecule has 2 unspecified atom stereocenters. The Kier molecular flexibility index (Phi) is 6.15. The smallest absolute Gasteiger partial charge is 0.0549 e. The highest BCUT2D eigenvalue weighted by molar-refractivity contribution is 4.66. The van der Waals surface area contributed by atoms with Gasteiger partial charge in [0.15, 0.2) is 0 Å². The summed E-state index contributed by atoms with van der Waals surface area (Å²) >= 11 is 0. The zero-order chi connectivity index (χ0) is 10.2. The van der Waals surface area contributed by atoms with Gasteiger partial charge in [0.1, 0.15) is 0 Å². The largest absolute Gasteiger partial charge is 0.393 e. The van der Waals surface area contributed by atoms with Gasteiger partial charge in [-0.05, 0) is 38.1 Å². The van der Waals surface area contributed by atoms with Gasteiger partial charge in [-0.25, -0.2) is 0 Å². The van der Waals surface area contributed by atoms with Gasteiger partial charge >= 0.3 is 0 Å². The Morgan fingerprint density at radius 1 is 1.57 bits per heavy atom. The zero-order valence-corrected chi connectivity index (χ0v) is 9.17. The van der Waals surface area contributed by atoms with E-state index in [1.807, 2.05) is 6.92 Å². The first-order chi connectivity index (χ1) is 6.83. The number of aliphatic hydroxyl groups is 1. The van der Waals surface area contributed by atoms with Gasteiger partial charge in [-0.1, -0.05) is 6.92 Å². The maximum Gasteiger partial charge on any atom is 0.0549 e. The maximum absolute atomic E-state index is 9.33. The van der Waals surface area contributed by atoms with Crippen LogP contribution in [0.4, 0.5) is 0 Å². The van der Waals surface area contributed by atoms with Gasteiger partial charge in [0.25, 0.3) is 0 Å². The summed E-state index contributed by atoms with van der Waals surface area (Å²) in [5.41, 5.74) is 0. The van der Waals surface area contributed by atoms with Crippen LogP contribution in [0.3, 0.4) is 0 Å². The molecule has 1 saturated heterocycles. The number of rotatable bonds is 6. The molecule has 1 heterocycles.